The number of alkyl halides is 1. The molecule has 3 aromatic rings. The standard InChI is InChI=1S/C24H25Cl2FN4O4S/c25-19-13-20(26)15-21(14-19)31-24(32)23(35-17-18-5-2-1-3-6-18)22(16-28-31)29-8-10-30(11-9-29)36(33,34)12-4-7-27/h1-3,5-6,13-16H,4,7-12,17H2. The van der Waals surface area contributed by atoms with Crippen LogP contribution in [0.2, 0.25) is 10.0 Å². The second-order valence-corrected chi connectivity index (χ2v) is 11.2. The van der Waals surface area contributed by atoms with Crippen molar-refractivity contribution in [3.8, 4) is 11.4 Å². The average molecular weight is 555 g/mol. The summed E-state index contributed by atoms with van der Waals surface area (Å²) in [5.74, 6) is -0.145. The maximum atomic E-state index is 13.5. The molecule has 1 aliphatic heterocycles. The third kappa shape index (κ3) is 6.18. The molecule has 0 bridgehead atoms. The van der Waals surface area contributed by atoms with Gasteiger partial charge in [-0.3, -0.25) is 9.18 Å². The first-order chi connectivity index (χ1) is 17.3. The highest BCUT2D eigenvalue weighted by Crippen LogP contribution is 2.28. The largest absolute Gasteiger partial charge is 0.481 e. The van der Waals surface area contributed by atoms with E-state index in [4.69, 9.17) is 27.9 Å². The topological polar surface area (TPSA) is 84.7 Å². The summed E-state index contributed by atoms with van der Waals surface area (Å²) < 4.78 is 45.9. The van der Waals surface area contributed by atoms with E-state index in [1.165, 1.54) is 15.2 Å². The van der Waals surface area contributed by atoms with Gasteiger partial charge in [0.05, 0.1) is 24.3 Å². The number of aromatic nitrogens is 2. The Labute approximate surface area is 218 Å². The molecule has 0 radical (unpaired) electrons. The van der Waals surface area contributed by atoms with E-state index in [9.17, 15) is 17.6 Å². The molecule has 12 heteroatoms. The average Bonchev–Trinajstić information content (AvgIpc) is 2.86. The van der Waals surface area contributed by atoms with Crippen LogP contribution in [0.1, 0.15) is 12.0 Å². The fourth-order valence-electron chi connectivity index (χ4n) is 3.94. The Hall–Kier alpha value is -2.66. The van der Waals surface area contributed by atoms with Gasteiger partial charge in [0.1, 0.15) is 12.3 Å². The maximum Gasteiger partial charge on any atom is 0.316 e. The molecule has 0 atom stereocenters. The SMILES string of the molecule is O=c1c(OCc2ccccc2)c(N2CCN(S(=O)(=O)CCCF)CC2)cnn1-c1cc(Cl)cc(Cl)c1. The number of ether oxygens (including phenoxy) is 1. The van der Waals surface area contributed by atoms with Crippen molar-refractivity contribution in [2.75, 3.05) is 43.5 Å². The highest BCUT2D eigenvalue weighted by atomic mass is 35.5. The summed E-state index contributed by atoms with van der Waals surface area (Å²) in [7, 11) is -3.54. The van der Waals surface area contributed by atoms with Crippen LogP contribution in [0.3, 0.4) is 0 Å². The molecule has 1 aliphatic rings. The zero-order valence-electron chi connectivity index (χ0n) is 19.3. The number of sulfonamides is 1. The summed E-state index contributed by atoms with van der Waals surface area (Å²) >= 11 is 12.3. The van der Waals surface area contributed by atoms with E-state index < -0.39 is 22.3 Å². The Kier molecular flexibility index (Phi) is 8.50. The van der Waals surface area contributed by atoms with Crippen LogP contribution in [0, 0.1) is 0 Å². The van der Waals surface area contributed by atoms with Gasteiger partial charge in [-0.1, -0.05) is 53.5 Å². The number of piperazine rings is 1. The minimum absolute atomic E-state index is 0.0321. The maximum absolute atomic E-state index is 13.5. The van der Waals surface area contributed by atoms with E-state index in [0.717, 1.165) is 5.56 Å². The molecule has 4 rings (SSSR count). The fraction of sp³-hybridized carbons (Fsp3) is 0.333. The minimum Gasteiger partial charge on any atom is -0.481 e. The molecule has 8 nitrogen and oxygen atoms in total. The molecule has 0 spiro atoms. The molecule has 1 saturated heterocycles. The van der Waals surface area contributed by atoms with Gasteiger partial charge in [0.15, 0.2) is 0 Å². The van der Waals surface area contributed by atoms with E-state index in [-0.39, 0.29) is 37.6 Å². The van der Waals surface area contributed by atoms with Crippen molar-refractivity contribution in [1.29, 1.82) is 0 Å². The van der Waals surface area contributed by atoms with Crippen LogP contribution in [-0.2, 0) is 16.6 Å². The van der Waals surface area contributed by atoms with Gasteiger partial charge in [0.25, 0.3) is 0 Å². The molecule has 0 aliphatic carbocycles. The van der Waals surface area contributed by atoms with Crippen molar-refractivity contribution in [1.82, 2.24) is 14.1 Å². The van der Waals surface area contributed by atoms with Gasteiger partial charge in [-0.05, 0) is 30.2 Å². The Morgan fingerprint density at radius 2 is 1.67 bits per heavy atom. The molecule has 2 aromatic carbocycles. The Morgan fingerprint density at radius 1 is 1.00 bits per heavy atom. The molecule has 192 valence electrons. The molecule has 0 amide bonds. The molecular weight excluding hydrogens is 530 g/mol. The second kappa shape index (κ2) is 11.6. The van der Waals surface area contributed by atoms with Gasteiger partial charge in [0.2, 0.25) is 15.8 Å². The number of nitrogens with zero attached hydrogens (tertiary/aromatic N) is 4. The van der Waals surface area contributed by atoms with Crippen molar-refractivity contribution in [2.24, 2.45) is 0 Å². The van der Waals surface area contributed by atoms with Crippen molar-refractivity contribution in [2.45, 2.75) is 13.0 Å². The first-order valence-corrected chi connectivity index (χ1v) is 13.7. The van der Waals surface area contributed by atoms with Gasteiger partial charge >= 0.3 is 5.56 Å². The van der Waals surface area contributed by atoms with Crippen molar-refractivity contribution < 1.29 is 17.5 Å². The molecule has 0 unspecified atom stereocenters. The van der Waals surface area contributed by atoms with Crippen molar-refractivity contribution >= 4 is 38.9 Å². The second-order valence-electron chi connectivity index (χ2n) is 8.22. The molecule has 36 heavy (non-hydrogen) atoms. The Balaban J connectivity index is 1.64. The molecule has 1 aromatic heterocycles. The Morgan fingerprint density at radius 3 is 2.31 bits per heavy atom. The first-order valence-electron chi connectivity index (χ1n) is 11.3. The summed E-state index contributed by atoms with van der Waals surface area (Å²) in [5.41, 5.74) is 1.22. The van der Waals surface area contributed by atoms with E-state index in [2.05, 4.69) is 5.10 Å². The third-order valence-electron chi connectivity index (χ3n) is 5.74. The van der Waals surface area contributed by atoms with Crippen molar-refractivity contribution in [3.63, 3.8) is 0 Å². The van der Waals surface area contributed by atoms with Gasteiger partial charge in [-0.2, -0.15) is 14.1 Å². The van der Waals surface area contributed by atoms with E-state index in [1.54, 1.807) is 18.2 Å². The molecule has 0 N–H and O–H groups in total. The molecule has 2 heterocycles. The summed E-state index contributed by atoms with van der Waals surface area (Å²) in [5, 5.41) is 5.03. The number of halogens is 3. The quantitative estimate of drug-likeness (QED) is 0.398. The van der Waals surface area contributed by atoms with Crippen LogP contribution < -0.4 is 15.2 Å². The van der Waals surface area contributed by atoms with Crippen molar-refractivity contribution in [3.05, 3.63) is 80.7 Å². The number of hydrogen-bond acceptors (Lipinski definition) is 6. The monoisotopic (exact) mass is 554 g/mol. The van der Waals surface area contributed by atoms with Crippen LogP contribution in [0.15, 0.2) is 59.5 Å². The zero-order chi connectivity index (χ0) is 25.7. The van der Waals surface area contributed by atoms with Crippen LogP contribution in [-0.4, -0.2) is 61.1 Å². The Bertz CT molecular complexity index is 1340. The summed E-state index contributed by atoms with van der Waals surface area (Å²) in [6.07, 6.45) is 1.49. The molecule has 0 saturated carbocycles. The normalized spacial score (nSPS) is 14.7. The predicted molar refractivity (Wildman–Crippen MR) is 139 cm³/mol. The number of rotatable bonds is 9. The van der Waals surface area contributed by atoms with E-state index >= 15 is 0 Å². The van der Waals surface area contributed by atoms with E-state index in [1.807, 2.05) is 35.2 Å². The number of hydrogen-bond donors (Lipinski definition) is 0. The van der Waals surface area contributed by atoms with Crippen LogP contribution >= 0.6 is 23.2 Å². The van der Waals surface area contributed by atoms with Crippen LogP contribution in [0.5, 0.6) is 5.75 Å². The summed E-state index contributed by atoms with van der Waals surface area (Å²) in [4.78, 5) is 15.4. The van der Waals surface area contributed by atoms with Gasteiger partial charge in [0, 0.05) is 36.2 Å². The fourth-order valence-corrected chi connectivity index (χ4v) is 5.90. The van der Waals surface area contributed by atoms with Gasteiger partial charge in [-0.15, -0.1) is 0 Å². The lowest BCUT2D eigenvalue weighted by atomic mass is 10.2. The van der Waals surface area contributed by atoms with Gasteiger partial charge < -0.3 is 9.64 Å². The minimum atomic E-state index is -3.54. The lowest BCUT2D eigenvalue weighted by molar-refractivity contribution is 0.297. The van der Waals surface area contributed by atoms with Crippen LogP contribution in [0.25, 0.3) is 5.69 Å². The number of benzene rings is 2. The number of anilines is 1. The smallest absolute Gasteiger partial charge is 0.316 e. The molecular formula is C24H25Cl2FN4O4S. The lowest BCUT2D eigenvalue weighted by Gasteiger charge is -2.35. The molecule has 1 fully saturated rings. The highest BCUT2D eigenvalue weighted by Gasteiger charge is 2.29. The lowest BCUT2D eigenvalue weighted by Crippen LogP contribution is -2.49. The predicted octanol–water partition coefficient (Wildman–Crippen LogP) is 3.93. The summed E-state index contributed by atoms with van der Waals surface area (Å²) in [6.45, 7) is 0.539. The van der Waals surface area contributed by atoms with E-state index in [0.29, 0.717) is 34.5 Å². The summed E-state index contributed by atoms with van der Waals surface area (Å²) in [6, 6.07) is 14.1. The van der Waals surface area contributed by atoms with Gasteiger partial charge in [-0.25, -0.2) is 8.42 Å². The van der Waals surface area contributed by atoms with Crippen LogP contribution in [0.4, 0.5) is 10.1 Å². The highest BCUT2D eigenvalue weighted by molar-refractivity contribution is 7.89. The third-order valence-corrected chi connectivity index (χ3v) is 8.13. The first kappa shape index (κ1) is 26.4. The zero-order valence-corrected chi connectivity index (χ0v) is 21.6.